The lowest BCUT2D eigenvalue weighted by Gasteiger charge is -2.21. The Morgan fingerprint density at radius 1 is 1.33 bits per heavy atom. The van der Waals surface area contributed by atoms with Crippen molar-refractivity contribution in [2.75, 3.05) is 27.2 Å². The number of likely N-dealkylation sites (tertiary alicyclic amines) is 1. The summed E-state index contributed by atoms with van der Waals surface area (Å²) in [6.45, 7) is 1.56. The van der Waals surface area contributed by atoms with E-state index in [0.717, 1.165) is 30.3 Å². The lowest BCUT2D eigenvalue weighted by atomic mass is 10.1. The summed E-state index contributed by atoms with van der Waals surface area (Å²) in [6, 6.07) is 8.08. The highest BCUT2D eigenvalue weighted by Crippen LogP contribution is 2.26. The molecule has 1 aliphatic heterocycles. The smallest absolute Gasteiger partial charge is 0.256 e. The molecule has 5 heteroatoms. The summed E-state index contributed by atoms with van der Waals surface area (Å²) >= 11 is 6.12. The predicted molar refractivity (Wildman–Crippen MR) is 84.7 cm³/mol. The van der Waals surface area contributed by atoms with Crippen molar-refractivity contribution in [2.45, 2.75) is 12.5 Å². The monoisotopic (exact) mass is 303 g/mol. The van der Waals surface area contributed by atoms with Crippen molar-refractivity contribution in [3.05, 3.63) is 41.2 Å². The largest absolute Gasteiger partial charge is 0.337 e. The van der Waals surface area contributed by atoms with Crippen LogP contribution in [-0.4, -0.2) is 53.9 Å². The van der Waals surface area contributed by atoms with Crippen molar-refractivity contribution in [1.82, 2.24) is 14.8 Å². The molecule has 1 amide bonds. The standard InChI is InChI=1S/C16H18ClN3O/c1-19(2)11-7-8-20(10-11)16(21)14-9-18-15(17)13-6-4-3-5-12(13)14/h3-6,9,11H,7-8,10H2,1-2H3. The molecule has 0 N–H and O–H groups in total. The zero-order valence-electron chi connectivity index (χ0n) is 12.2. The summed E-state index contributed by atoms with van der Waals surface area (Å²) in [6.07, 6.45) is 2.60. The number of fused-ring (bicyclic) bond motifs is 1. The maximum absolute atomic E-state index is 12.8. The number of carbonyl (C=O) groups excluding carboxylic acids is 1. The highest BCUT2D eigenvalue weighted by Gasteiger charge is 2.29. The Morgan fingerprint density at radius 3 is 2.71 bits per heavy atom. The second-order valence-corrected chi connectivity index (χ2v) is 6.02. The fourth-order valence-corrected chi connectivity index (χ4v) is 3.06. The Kier molecular flexibility index (Phi) is 3.83. The van der Waals surface area contributed by atoms with Crippen LogP contribution in [0.2, 0.25) is 5.15 Å². The van der Waals surface area contributed by atoms with E-state index in [9.17, 15) is 4.79 Å². The number of rotatable bonds is 2. The van der Waals surface area contributed by atoms with E-state index >= 15 is 0 Å². The Bertz CT molecular complexity index is 686. The number of benzene rings is 1. The molecule has 0 bridgehead atoms. The summed E-state index contributed by atoms with van der Waals surface area (Å²) in [5.74, 6) is 0.0414. The number of nitrogens with zero attached hydrogens (tertiary/aromatic N) is 3. The quantitative estimate of drug-likeness (QED) is 0.800. The second kappa shape index (κ2) is 5.62. The average Bonchev–Trinajstić information content (AvgIpc) is 2.97. The average molecular weight is 304 g/mol. The van der Waals surface area contributed by atoms with Gasteiger partial charge in [-0.25, -0.2) is 4.98 Å². The van der Waals surface area contributed by atoms with Crippen LogP contribution in [0, 0.1) is 0 Å². The summed E-state index contributed by atoms with van der Waals surface area (Å²) in [5.41, 5.74) is 0.634. The molecule has 1 atom stereocenters. The van der Waals surface area contributed by atoms with Crippen LogP contribution in [0.4, 0.5) is 0 Å². The lowest BCUT2D eigenvalue weighted by Crippen LogP contribution is -2.34. The number of hydrogen-bond donors (Lipinski definition) is 0. The van der Waals surface area contributed by atoms with E-state index < -0.39 is 0 Å². The van der Waals surface area contributed by atoms with Gasteiger partial charge in [0.1, 0.15) is 5.15 Å². The predicted octanol–water partition coefficient (Wildman–Crippen LogP) is 2.66. The molecule has 0 saturated carbocycles. The van der Waals surface area contributed by atoms with Gasteiger partial charge in [-0.2, -0.15) is 0 Å². The van der Waals surface area contributed by atoms with Gasteiger partial charge < -0.3 is 9.80 Å². The first kappa shape index (κ1) is 14.3. The van der Waals surface area contributed by atoms with Crippen LogP contribution in [0.15, 0.2) is 30.5 Å². The summed E-state index contributed by atoms with van der Waals surface area (Å²) in [4.78, 5) is 21.0. The molecule has 1 aliphatic rings. The minimum atomic E-state index is 0.0414. The van der Waals surface area contributed by atoms with Crippen LogP contribution >= 0.6 is 11.6 Å². The van der Waals surface area contributed by atoms with E-state index in [-0.39, 0.29) is 5.91 Å². The molecule has 1 aromatic heterocycles. The van der Waals surface area contributed by atoms with Gasteiger partial charge in [-0.05, 0) is 25.9 Å². The molecule has 1 saturated heterocycles. The zero-order valence-corrected chi connectivity index (χ0v) is 13.0. The lowest BCUT2D eigenvalue weighted by molar-refractivity contribution is 0.0784. The van der Waals surface area contributed by atoms with E-state index in [1.807, 2.05) is 29.2 Å². The number of aromatic nitrogens is 1. The third kappa shape index (κ3) is 2.61. The number of amides is 1. The summed E-state index contributed by atoms with van der Waals surface area (Å²) < 4.78 is 0. The molecule has 0 aliphatic carbocycles. The molecular weight excluding hydrogens is 286 g/mol. The topological polar surface area (TPSA) is 36.4 Å². The van der Waals surface area contributed by atoms with Crippen molar-refractivity contribution in [3.8, 4) is 0 Å². The normalized spacial score (nSPS) is 18.7. The first-order valence-corrected chi connectivity index (χ1v) is 7.44. The van der Waals surface area contributed by atoms with Crippen LogP contribution in [0.3, 0.4) is 0 Å². The van der Waals surface area contributed by atoms with E-state index in [1.165, 1.54) is 0 Å². The molecule has 21 heavy (non-hydrogen) atoms. The molecule has 2 aromatic rings. The first-order valence-electron chi connectivity index (χ1n) is 7.07. The van der Waals surface area contributed by atoms with Gasteiger partial charge in [0.15, 0.2) is 0 Å². The van der Waals surface area contributed by atoms with Crippen molar-refractivity contribution in [1.29, 1.82) is 0 Å². The molecular formula is C16H18ClN3O. The van der Waals surface area contributed by atoms with Gasteiger partial charge in [-0.3, -0.25) is 4.79 Å². The number of hydrogen-bond acceptors (Lipinski definition) is 3. The van der Waals surface area contributed by atoms with E-state index in [0.29, 0.717) is 16.8 Å². The number of pyridine rings is 1. The van der Waals surface area contributed by atoms with Gasteiger partial charge in [0.2, 0.25) is 0 Å². The van der Waals surface area contributed by atoms with Gasteiger partial charge in [0, 0.05) is 30.7 Å². The zero-order chi connectivity index (χ0) is 15.0. The van der Waals surface area contributed by atoms with E-state index in [2.05, 4.69) is 24.0 Å². The fourth-order valence-electron chi connectivity index (χ4n) is 2.85. The molecule has 1 aromatic carbocycles. The van der Waals surface area contributed by atoms with Crippen LogP contribution < -0.4 is 0 Å². The Morgan fingerprint density at radius 2 is 2.05 bits per heavy atom. The Labute approximate surface area is 129 Å². The molecule has 1 fully saturated rings. The molecule has 4 nitrogen and oxygen atoms in total. The SMILES string of the molecule is CN(C)C1CCN(C(=O)c2cnc(Cl)c3ccccc23)C1. The maximum atomic E-state index is 12.8. The van der Waals surface area contributed by atoms with Crippen LogP contribution in [-0.2, 0) is 0 Å². The number of halogens is 1. The molecule has 0 spiro atoms. The molecule has 2 heterocycles. The first-order chi connectivity index (χ1) is 10.1. The molecule has 0 radical (unpaired) electrons. The molecule has 3 rings (SSSR count). The van der Waals surface area contributed by atoms with Crippen molar-refractivity contribution < 1.29 is 4.79 Å². The van der Waals surface area contributed by atoms with Crippen molar-refractivity contribution in [2.24, 2.45) is 0 Å². The second-order valence-electron chi connectivity index (χ2n) is 5.67. The van der Waals surface area contributed by atoms with E-state index in [1.54, 1.807) is 6.20 Å². The van der Waals surface area contributed by atoms with Gasteiger partial charge in [-0.1, -0.05) is 35.9 Å². The summed E-state index contributed by atoms with van der Waals surface area (Å²) in [5, 5.41) is 2.14. The fraction of sp³-hybridized carbons (Fsp3) is 0.375. The van der Waals surface area contributed by atoms with Gasteiger partial charge in [0.05, 0.1) is 5.56 Å². The van der Waals surface area contributed by atoms with Crippen LogP contribution in [0.25, 0.3) is 10.8 Å². The summed E-state index contributed by atoms with van der Waals surface area (Å²) in [7, 11) is 4.11. The van der Waals surface area contributed by atoms with Crippen LogP contribution in [0.1, 0.15) is 16.8 Å². The Balaban J connectivity index is 1.94. The molecule has 110 valence electrons. The van der Waals surface area contributed by atoms with Crippen molar-refractivity contribution >= 4 is 28.3 Å². The van der Waals surface area contributed by atoms with Gasteiger partial charge in [0.25, 0.3) is 5.91 Å². The third-order valence-electron chi connectivity index (χ3n) is 4.16. The van der Waals surface area contributed by atoms with Crippen molar-refractivity contribution in [3.63, 3.8) is 0 Å². The van der Waals surface area contributed by atoms with Crippen LogP contribution in [0.5, 0.6) is 0 Å². The van der Waals surface area contributed by atoms with Gasteiger partial charge in [-0.15, -0.1) is 0 Å². The highest BCUT2D eigenvalue weighted by molar-refractivity contribution is 6.34. The number of likely N-dealkylation sites (N-methyl/N-ethyl adjacent to an activating group) is 1. The molecule has 1 unspecified atom stereocenters. The minimum Gasteiger partial charge on any atom is -0.337 e. The van der Waals surface area contributed by atoms with Gasteiger partial charge >= 0.3 is 0 Å². The number of carbonyl (C=O) groups is 1. The minimum absolute atomic E-state index is 0.0414. The highest BCUT2D eigenvalue weighted by atomic mass is 35.5. The van der Waals surface area contributed by atoms with E-state index in [4.69, 9.17) is 11.6 Å². The maximum Gasteiger partial charge on any atom is 0.256 e. The third-order valence-corrected chi connectivity index (χ3v) is 4.46. The Hall–Kier alpha value is -1.65.